The minimum Gasteiger partial charge on any atom is -0.382 e. The third kappa shape index (κ3) is 2.27. The SMILES string of the molecule is Nc1cc(-c2nc(-c3ccc(Cl)c(Cl)c3)no2)[nH]n1. The van der Waals surface area contributed by atoms with Gasteiger partial charge in [0.1, 0.15) is 11.5 Å². The lowest BCUT2D eigenvalue weighted by Gasteiger charge is -1.97. The van der Waals surface area contributed by atoms with Gasteiger partial charge in [-0.3, -0.25) is 5.10 Å². The van der Waals surface area contributed by atoms with Crippen molar-refractivity contribution >= 4 is 29.0 Å². The van der Waals surface area contributed by atoms with E-state index >= 15 is 0 Å². The first-order valence-electron chi connectivity index (χ1n) is 5.24. The van der Waals surface area contributed by atoms with E-state index in [1.807, 2.05) is 0 Å². The largest absolute Gasteiger partial charge is 0.382 e. The monoisotopic (exact) mass is 295 g/mol. The third-order valence-electron chi connectivity index (χ3n) is 2.43. The molecule has 2 aromatic heterocycles. The maximum atomic E-state index is 5.94. The molecular weight excluding hydrogens is 289 g/mol. The van der Waals surface area contributed by atoms with E-state index in [1.54, 1.807) is 24.3 Å². The van der Waals surface area contributed by atoms with Crippen LogP contribution >= 0.6 is 23.2 Å². The summed E-state index contributed by atoms with van der Waals surface area (Å²) in [5.74, 6) is 1.05. The van der Waals surface area contributed by atoms with Gasteiger partial charge in [-0.1, -0.05) is 28.4 Å². The number of benzene rings is 1. The van der Waals surface area contributed by atoms with Crippen LogP contribution in [0.5, 0.6) is 0 Å². The van der Waals surface area contributed by atoms with Crippen LogP contribution in [0.3, 0.4) is 0 Å². The second-order valence-corrected chi connectivity index (χ2v) is 4.57. The lowest BCUT2D eigenvalue weighted by Crippen LogP contribution is -1.82. The summed E-state index contributed by atoms with van der Waals surface area (Å²) in [6.07, 6.45) is 0. The number of anilines is 1. The van der Waals surface area contributed by atoms with Crippen molar-refractivity contribution < 1.29 is 4.52 Å². The molecular formula is C11H7Cl2N5O. The van der Waals surface area contributed by atoms with Crippen molar-refractivity contribution in [2.24, 2.45) is 0 Å². The van der Waals surface area contributed by atoms with Gasteiger partial charge >= 0.3 is 0 Å². The van der Waals surface area contributed by atoms with E-state index in [-0.39, 0.29) is 0 Å². The smallest absolute Gasteiger partial charge is 0.276 e. The molecule has 3 N–H and O–H groups in total. The standard InChI is InChI=1S/C11H7Cl2N5O/c12-6-2-1-5(3-7(6)13)10-15-11(19-18-10)8-4-9(14)17-16-8/h1-4H,(H3,14,16,17). The Kier molecular flexibility index (Phi) is 2.88. The molecule has 0 amide bonds. The van der Waals surface area contributed by atoms with Crippen LogP contribution in [0.25, 0.3) is 23.0 Å². The van der Waals surface area contributed by atoms with Crippen molar-refractivity contribution in [2.75, 3.05) is 5.73 Å². The summed E-state index contributed by atoms with van der Waals surface area (Å²) < 4.78 is 5.12. The Balaban J connectivity index is 1.98. The Labute approximate surface area is 117 Å². The number of nitrogens with zero attached hydrogens (tertiary/aromatic N) is 3. The molecule has 3 aromatic rings. The third-order valence-corrected chi connectivity index (χ3v) is 3.17. The number of hydrogen-bond donors (Lipinski definition) is 2. The van der Waals surface area contributed by atoms with Gasteiger partial charge < -0.3 is 10.3 Å². The number of nitrogens with two attached hydrogens (primary N) is 1. The number of nitrogen functional groups attached to an aromatic ring is 1. The number of hydrogen-bond acceptors (Lipinski definition) is 5. The molecule has 1 aromatic carbocycles. The molecule has 96 valence electrons. The maximum Gasteiger partial charge on any atom is 0.276 e. The molecule has 0 saturated carbocycles. The van der Waals surface area contributed by atoms with Gasteiger partial charge in [0.25, 0.3) is 5.89 Å². The molecule has 0 saturated heterocycles. The summed E-state index contributed by atoms with van der Waals surface area (Å²) >= 11 is 11.8. The molecule has 0 aliphatic heterocycles. The zero-order valence-electron chi connectivity index (χ0n) is 9.39. The Morgan fingerprint density at radius 3 is 2.68 bits per heavy atom. The molecule has 0 atom stereocenters. The van der Waals surface area contributed by atoms with Crippen LogP contribution in [-0.2, 0) is 0 Å². The summed E-state index contributed by atoms with van der Waals surface area (Å²) in [5.41, 5.74) is 6.76. The Morgan fingerprint density at radius 1 is 1.16 bits per heavy atom. The molecule has 0 radical (unpaired) electrons. The fourth-order valence-corrected chi connectivity index (χ4v) is 1.83. The van der Waals surface area contributed by atoms with E-state index in [1.165, 1.54) is 0 Å². The van der Waals surface area contributed by atoms with Crippen molar-refractivity contribution in [3.05, 3.63) is 34.3 Å². The summed E-state index contributed by atoms with van der Waals surface area (Å²) in [6.45, 7) is 0. The number of nitrogens with one attached hydrogen (secondary N) is 1. The normalized spacial score (nSPS) is 10.8. The highest BCUT2D eigenvalue weighted by Gasteiger charge is 2.13. The molecule has 0 aliphatic carbocycles. The van der Waals surface area contributed by atoms with Crippen LogP contribution < -0.4 is 5.73 Å². The molecule has 8 heteroatoms. The first-order chi connectivity index (χ1) is 9.13. The summed E-state index contributed by atoms with van der Waals surface area (Å²) in [7, 11) is 0. The van der Waals surface area contributed by atoms with E-state index in [9.17, 15) is 0 Å². The summed E-state index contributed by atoms with van der Waals surface area (Å²) in [6, 6.07) is 6.69. The molecule has 3 rings (SSSR count). The number of aromatic amines is 1. The molecule has 6 nitrogen and oxygen atoms in total. The Morgan fingerprint density at radius 2 is 2.00 bits per heavy atom. The van der Waals surface area contributed by atoms with Gasteiger partial charge in [0, 0.05) is 11.6 Å². The highest BCUT2D eigenvalue weighted by atomic mass is 35.5. The van der Waals surface area contributed by atoms with E-state index in [0.29, 0.717) is 38.8 Å². The second kappa shape index (κ2) is 4.56. The first kappa shape index (κ1) is 12.0. The molecule has 0 unspecified atom stereocenters. The van der Waals surface area contributed by atoms with Gasteiger partial charge in [-0.15, -0.1) is 0 Å². The zero-order chi connectivity index (χ0) is 13.4. The molecule has 0 aliphatic rings. The van der Waals surface area contributed by atoms with Crippen molar-refractivity contribution in [1.82, 2.24) is 20.3 Å². The van der Waals surface area contributed by atoms with Gasteiger partial charge in [-0.25, -0.2) is 0 Å². The van der Waals surface area contributed by atoms with Crippen molar-refractivity contribution in [3.8, 4) is 23.0 Å². The number of rotatable bonds is 2. The predicted octanol–water partition coefficient (Wildman–Crippen LogP) is 3.02. The first-order valence-corrected chi connectivity index (χ1v) is 5.99. The van der Waals surface area contributed by atoms with Crippen LogP contribution in [0.2, 0.25) is 10.0 Å². The van der Waals surface area contributed by atoms with Crippen LogP contribution in [0.15, 0.2) is 28.8 Å². The van der Waals surface area contributed by atoms with Crippen molar-refractivity contribution in [3.63, 3.8) is 0 Å². The highest BCUT2D eigenvalue weighted by molar-refractivity contribution is 6.42. The molecule has 19 heavy (non-hydrogen) atoms. The van der Waals surface area contributed by atoms with E-state index in [4.69, 9.17) is 33.5 Å². The fraction of sp³-hybridized carbons (Fsp3) is 0. The molecule has 0 fully saturated rings. The minimum atomic E-state index is 0.297. The minimum absolute atomic E-state index is 0.297. The van der Waals surface area contributed by atoms with Crippen LogP contribution in [0.1, 0.15) is 0 Å². The average Bonchev–Trinajstić information content (AvgIpc) is 3.01. The number of H-pyrrole nitrogens is 1. The lowest BCUT2D eigenvalue weighted by molar-refractivity contribution is 0.431. The Hall–Kier alpha value is -2.05. The van der Waals surface area contributed by atoms with Gasteiger partial charge in [-0.2, -0.15) is 10.1 Å². The second-order valence-electron chi connectivity index (χ2n) is 3.76. The van der Waals surface area contributed by atoms with Crippen molar-refractivity contribution in [2.45, 2.75) is 0 Å². The van der Waals surface area contributed by atoms with E-state index < -0.39 is 0 Å². The number of aromatic nitrogens is 4. The molecule has 0 spiro atoms. The van der Waals surface area contributed by atoms with Gasteiger partial charge in [0.2, 0.25) is 5.82 Å². The van der Waals surface area contributed by atoms with Crippen LogP contribution in [-0.4, -0.2) is 20.3 Å². The predicted molar refractivity (Wildman–Crippen MR) is 71.7 cm³/mol. The number of halogens is 2. The van der Waals surface area contributed by atoms with Gasteiger partial charge in [0.15, 0.2) is 0 Å². The lowest BCUT2D eigenvalue weighted by atomic mass is 10.2. The Bertz CT molecular complexity index is 736. The maximum absolute atomic E-state index is 5.94. The zero-order valence-corrected chi connectivity index (χ0v) is 10.9. The highest BCUT2D eigenvalue weighted by Crippen LogP contribution is 2.28. The van der Waals surface area contributed by atoms with Crippen molar-refractivity contribution in [1.29, 1.82) is 0 Å². The van der Waals surface area contributed by atoms with E-state index in [2.05, 4.69) is 20.3 Å². The quantitative estimate of drug-likeness (QED) is 0.758. The van der Waals surface area contributed by atoms with Gasteiger partial charge in [-0.05, 0) is 18.2 Å². The van der Waals surface area contributed by atoms with Gasteiger partial charge in [0.05, 0.1) is 10.0 Å². The topological polar surface area (TPSA) is 93.6 Å². The average molecular weight is 296 g/mol. The van der Waals surface area contributed by atoms with E-state index in [0.717, 1.165) is 0 Å². The molecule has 0 bridgehead atoms. The van der Waals surface area contributed by atoms with Crippen LogP contribution in [0, 0.1) is 0 Å². The molecule has 2 heterocycles. The fourth-order valence-electron chi connectivity index (χ4n) is 1.53. The van der Waals surface area contributed by atoms with Crippen LogP contribution in [0.4, 0.5) is 5.82 Å². The summed E-state index contributed by atoms with van der Waals surface area (Å²) in [4.78, 5) is 4.23. The summed E-state index contributed by atoms with van der Waals surface area (Å²) in [5, 5.41) is 11.2.